The van der Waals surface area contributed by atoms with E-state index in [2.05, 4.69) is 10.3 Å². The van der Waals surface area contributed by atoms with Crippen LogP contribution in [0.15, 0.2) is 11.6 Å². The van der Waals surface area contributed by atoms with Crippen molar-refractivity contribution in [3.63, 3.8) is 0 Å². The molecule has 0 unspecified atom stereocenters. The standard InChI is InChI=1S/C11H17N3OS.2ClH/c1-12-8-10(15)14-5-2-9(3-6-14)11-13-4-7-16-11;;/h4,7,9,12H,2-3,5-6,8H2,1H3;2*1H. The van der Waals surface area contributed by atoms with E-state index in [-0.39, 0.29) is 30.7 Å². The van der Waals surface area contributed by atoms with E-state index >= 15 is 0 Å². The molecule has 1 aliphatic rings. The molecule has 7 heteroatoms. The molecule has 1 N–H and O–H groups in total. The summed E-state index contributed by atoms with van der Waals surface area (Å²) in [5.74, 6) is 0.763. The molecule has 1 aromatic rings. The van der Waals surface area contributed by atoms with Gasteiger partial charge in [0.15, 0.2) is 0 Å². The van der Waals surface area contributed by atoms with Gasteiger partial charge in [-0.05, 0) is 19.9 Å². The smallest absolute Gasteiger partial charge is 0.236 e. The maximum atomic E-state index is 11.6. The maximum absolute atomic E-state index is 11.6. The Bertz CT molecular complexity index is 340. The third kappa shape index (κ3) is 4.39. The molecule has 4 nitrogen and oxygen atoms in total. The maximum Gasteiger partial charge on any atom is 0.236 e. The number of halogens is 2. The van der Waals surface area contributed by atoms with Crippen LogP contribution in [0.3, 0.4) is 0 Å². The van der Waals surface area contributed by atoms with Gasteiger partial charge >= 0.3 is 0 Å². The third-order valence-corrected chi connectivity index (χ3v) is 3.91. The van der Waals surface area contributed by atoms with Crippen molar-refractivity contribution in [1.82, 2.24) is 15.2 Å². The number of nitrogens with one attached hydrogen (secondary N) is 1. The van der Waals surface area contributed by atoms with Crippen molar-refractivity contribution in [2.24, 2.45) is 0 Å². The lowest BCUT2D eigenvalue weighted by atomic mass is 9.97. The molecule has 0 aromatic carbocycles. The zero-order valence-corrected chi connectivity index (χ0v) is 12.7. The number of likely N-dealkylation sites (tertiary alicyclic amines) is 1. The lowest BCUT2D eigenvalue weighted by Gasteiger charge is -2.31. The molecule has 18 heavy (non-hydrogen) atoms. The van der Waals surface area contributed by atoms with Crippen molar-refractivity contribution in [2.45, 2.75) is 18.8 Å². The highest BCUT2D eigenvalue weighted by Crippen LogP contribution is 2.29. The van der Waals surface area contributed by atoms with E-state index in [9.17, 15) is 4.79 Å². The number of rotatable bonds is 3. The molecule has 104 valence electrons. The summed E-state index contributed by atoms with van der Waals surface area (Å²) in [5, 5.41) is 6.15. The van der Waals surface area contributed by atoms with Gasteiger partial charge in [0.25, 0.3) is 0 Å². The molecule has 1 amide bonds. The summed E-state index contributed by atoms with van der Waals surface area (Å²) in [6.07, 6.45) is 3.95. The highest BCUT2D eigenvalue weighted by atomic mass is 35.5. The molecule has 0 aliphatic carbocycles. The van der Waals surface area contributed by atoms with Gasteiger partial charge in [-0.3, -0.25) is 4.79 Å². The molecule has 0 saturated carbocycles. The van der Waals surface area contributed by atoms with Gasteiger partial charge in [0.05, 0.1) is 11.6 Å². The summed E-state index contributed by atoms with van der Waals surface area (Å²) in [6, 6.07) is 0. The number of hydrogen-bond acceptors (Lipinski definition) is 4. The van der Waals surface area contributed by atoms with Gasteiger partial charge in [-0.2, -0.15) is 0 Å². The zero-order chi connectivity index (χ0) is 11.4. The number of piperidine rings is 1. The minimum Gasteiger partial charge on any atom is -0.342 e. The molecule has 1 aliphatic heterocycles. The number of hydrogen-bond donors (Lipinski definition) is 1. The summed E-state index contributed by atoms with van der Waals surface area (Å²) in [5.41, 5.74) is 0. The number of carbonyl (C=O) groups excluding carboxylic acids is 1. The van der Waals surface area contributed by atoms with Crippen LogP contribution in [0.2, 0.25) is 0 Å². The first-order valence-corrected chi connectivity index (χ1v) is 6.51. The predicted molar refractivity (Wildman–Crippen MR) is 79.1 cm³/mol. The average Bonchev–Trinajstić information content (AvgIpc) is 2.83. The van der Waals surface area contributed by atoms with Crippen LogP contribution in [0.4, 0.5) is 0 Å². The molecule has 1 aromatic heterocycles. The van der Waals surface area contributed by atoms with E-state index in [0.717, 1.165) is 25.9 Å². The molecule has 0 bridgehead atoms. The minimum atomic E-state index is 0. The van der Waals surface area contributed by atoms with Gasteiger partial charge in [-0.25, -0.2) is 4.98 Å². The second kappa shape index (κ2) is 8.69. The van der Waals surface area contributed by atoms with Gasteiger partial charge in [-0.1, -0.05) is 0 Å². The van der Waals surface area contributed by atoms with Crippen LogP contribution in [0.25, 0.3) is 0 Å². The third-order valence-electron chi connectivity index (χ3n) is 2.98. The van der Waals surface area contributed by atoms with Crippen molar-refractivity contribution in [2.75, 3.05) is 26.7 Å². The molecular formula is C11H19Cl2N3OS. The molecule has 1 saturated heterocycles. The largest absolute Gasteiger partial charge is 0.342 e. The van der Waals surface area contributed by atoms with Crippen molar-refractivity contribution in [3.8, 4) is 0 Å². The summed E-state index contributed by atoms with van der Waals surface area (Å²) in [7, 11) is 1.81. The average molecular weight is 312 g/mol. The van der Waals surface area contributed by atoms with E-state index in [1.165, 1.54) is 5.01 Å². The fourth-order valence-electron chi connectivity index (χ4n) is 2.07. The van der Waals surface area contributed by atoms with Crippen molar-refractivity contribution >= 4 is 42.1 Å². The van der Waals surface area contributed by atoms with Gasteiger partial charge in [0, 0.05) is 30.6 Å². The lowest BCUT2D eigenvalue weighted by Crippen LogP contribution is -2.41. The Hall–Kier alpha value is -0.360. The van der Waals surface area contributed by atoms with E-state index in [1.54, 1.807) is 18.4 Å². The fraction of sp³-hybridized carbons (Fsp3) is 0.636. The van der Waals surface area contributed by atoms with Gasteiger partial charge < -0.3 is 10.2 Å². The quantitative estimate of drug-likeness (QED) is 0.927. The Morgan fingerprint density at radius 2 is 2.17 bits per heavy atom. The number of likely N-dealkylation sites (N-methyl/N-ethyl adjacent to an activating group) is 1. The van der Waals surface area contributed by atoms with Crippen LogP contribution in [-0.4, -0.2) is 42.5 Å². The molecule has 2 rings (SSSR count). The van der Waals surface area contributed by atoms with Crippen LogP contribution in [-0.2, 0) is 4.79 Å². The normalized spacial score (nSPS) is 15.7. The Morgan fingerprint density at radius 1 is 1.50 bits per heavy atom. The second-order valence-electron chi connectivity index (χ2n) is 4.06. The fourth-order valence-corrected chi connectivity index (χ4v) is 2.89. The van der Waals surface area contributed by atoms with Crippen LogP contribution >= 0.6 is 36.2 Å². The molecular weight excluding hydrogens is 293 g/mol. The highest BCUT2D eigenvalue weighted by Gasteiger charge is 2.24. The van der Waals surface area contributed by atoms with Gasteiger partial charge in [0.1, 0.15) is 0 Å². The topological polar surface area (TPSA) is 45.2 Å². The number of nitrogens with zero attached hydrogens (tertiary/aromatic N) is 2. The van der Waals surface area contributed by atoms with E-state index in [0.29, 0.717) is 12.5 Å². The van der Waals surface area contributed by atoms with E-state index < -0.39 is 0 Å². The Balaban J connectivity index is 0.00000144. The van der Waals surface area contributed by atoms with Crippen LogP contribution in [0.5, 0.6) is 0 Å². The van der Waals surface area contributed by atoms with Crippen LogP contribution in [0, 0.1) is 0 Å². The molecule has 0 atom stereocenters. The Labute approximate surface area is 124 Å². The first-order chi connectivity index (χ1) is 7.81. The van der Waals surface area contributed by atoms with E-state index in [1.807, 2.05) is 16.5 Å². The van der Waals surface area contributed by atoms with Gasteiger partial charge in [-0.15, -0.1) is 36.2 Å². The molecule has 0 radical (unpaired) electrons. The zero-order valence-electron chi connectivity index (χ0n) is 10.3. The van der Waals surface area contributed by atoms with Crippen LogP contribution < -0.4 is 5.32 Å². The second-order valence-corrected chi connectivity index (χ2v) is 4.98. The first-order valence-electron chi connectivity index (χ1n) is 5.63. The summed E-state index contributed by atoms with van der Waals surface area (Å²) >= 11 is 1.72. The summed E-state index contributed by atoms with van der Waals surface area (Å²) in [6.45, 7) is 2.18. The van der Waals surface area contributed by atoms with E-state index in [4.69, 9.17) is 0 Å². The monoisotopic (exact) mass is 311 g/mol. The van der Waals surface area contributed by atoms with Crippen molar-refractivity contribution in [1.29, 1.82) is 0 Å². The van der Waals surface area contributed by atoms with Gasteiger partial charge in [0.2, 0.25) is 5.91 Å². The summed E-state index contributed by atoms with van der Waals surface area (Å²) < 4.78 is 0. The first kappa shape index (κ1) is 17.6. The Morgan fingerprint density at radius 3 is 2.67 bits per heavy atom. The number of aromatic nitrogens is 1. The van der Waals surface area contributed by atoms with Crippen LogP contribution in [0.1, 0.15) is 23.8 Å². The Kier molecular flexibility index (Phi) is 8.52. The molecule has 1 fully saturated rings. The SMILES string of the molecule is CNCC(=O)N1CCC(c2nccs2)CC1.Cl.Cl. The van der Waals surface area contributed by atoms with Crippen molar-refractivity contribution in [3.05, 3.63) is 16.6 Å². The number of thiazole rings is 1. The number of carbonyl (C=O) groups is 1. The highest BCUT2D eigenvalue weighted by molar-refractivity contribution is 7.09. The minimum absolute atomic E-state index is 0. The van der Waals surface area contributed by atoms with Crippen molar-refractivity contribution < 1.29 is 4.79 Å². The summed E-state index contributed by atoms with van der Waals surface area (Å²) in [4.78, 5) is 17.9. The molecule has 2 heterocycles. The molecule has 0 spiro atoms. The lowest BCUT2D eigenvalue weighted by molar-refractivity contribution is -0.131. The number of amides is 1. The predicted octanol–water partition coefficient (Wildman–Crippen LogP) is 1.91.